The lowest BCUT2D eigenvalue weighted by Gasteiger charge is -2.02. The molecule has 0 aliphatic heterocycles. The van der Waals surface area contributed by atoms with Gasteiger partial charge in [0, 0.05) is 23.4 Å². The third-order valence-electron chi connectivity index (χ3n) is 2.32. The van der Waals surface area contributed by atoms with Crippen LogP contribution >= 0.6 is 0 Å². The van der Waals surface area contributed by atoms with Crippen LogP contribution in [0.4, 0.5) is 24.5 Å². The molecule has 0 aliphatic carbocycles. The minimum absolute atomic E-state index is 0.00618. The Labute approximate surface area is 106 Å². The summed E-state index contributed by atoms with van der Waals surface area (Å²) in [6.07, 6.45) is -5.57. The van der Waals surface area contributed by atoms with Gasteiger partial charge in [-0.05, 0) is 18.2 Å². The van der Waals surface area contributed by atoms with E-state index in [1.54, 1.807) is 18.2 Å². The van der Waals surface area contributed by atoms with Crippen LogP contribution in [0.2, 0.25) is 0 Å². The normalized spacial score (nSPS) is 11.7. The van der Waals surface area contributed by atoms with Crippen LogP contribution in [0, 0.1) is 0 Å². The molecule has 0 unspecified atom stereocenters. The van der Waals surface area contributed by atoms with E-state index < -0.39 is 12.6 Å². The second kappa shape index (κ2) is 4.79. The van der Waals surface area contributed by atoms with Gasteiger partial charge in [0.1, 0.15) is 0 Å². The Morgan fingerprint density at radius 2 is 1.74 bits per heavy atom. The summed E-state index contributed by atoms with van der Waals surface area (Å²) < 4.78 is 41.1. The molecular formula is C11H11F3N4O. The molecule has 2 rings (SSSR count). The minimum atomic E-state index is -4.25. The van der Waals surface area contributed by atoms with Crippen LogP contribution in [0.3, 0.4) is 0 Å². The quantitative estimate of drug-likeness (QED) is 0.837. The molecule has 0 saturated heterocycles. The lowest BCUT2D eigenvalue weighted by molar-refractivity contribution is -0.134. The highest BCUT2D eigenvalue weighted by Gasteiger charge is 2.27. The summed E-state index contributed by atoms with van der Waals surface area (Å²) >= 11 is 0. The third kappa shape index (κ3) is 3.60. The lowest BCUT2D eigenvalue weighted by Crippen LogP contribution is -2.09. The molecule has 0 atom stereocenters. The van der Waals surface area contributed by atoms with Crippen LogP contribution in [0.5, 0.6) is 0 Å². The van der Waals surface area contributed by atoms with Crippen LogP contribution in [0.25, 0.3) is 11.5 Å². The molecule has 102 valence electrons. The van der Waals surface area contributed by atoms with Gasteiger partial charge in [-0.2, -0.15) is 18.2 Å². The number of rotatable bonds is 3. The highest BCUT2D eigenvalue weighted by Crippen LogP contribution is 2.25. The van der Waals surface area contributed by atoms with Crippen LogP contribution in [-0.2, 0) is 6.42 Å². The number of aromatic nitrogens is 2. The predicted molar refractivity (Wildman–Crippen MR) is 62.9 cm³/mol. The second-order valence-electron chi connectivity index (χ2n) is 4.02. The van der Waals surface area contributed by atoms with E-state index in [2.05, 4.69) is 10.1 Å². The summed E-state index contributed by atoms with van der Waals surface area (Å²) in [5.74, 6) is 0.0875. The zero-order valence-electron chi connectivity index (χ0n) is 9.74. The number of benzene rings is 1. The van der Waals surface area contributed by atoms with Crippen LogP contribution < -0.4 is 11.5 Å². The van der Waals surface area contributed by atoms with Crippen molar-refractivity contribution in [2.45, 2.75) is 19.0 Å². The second-order valence-corrected chi connectivity index (χ2v) is 4.02. The van der Waals surface area contributed by atoms with E-state index in [0.717, 1.165) is 0 Å². The average molecular weight is 272 g/mol. The van der Waals surface area contributed by atoms with E-state index in [4.69, 9.17) is 16.0 Å². The Hall–Kier alpha value is -2.25. The van der Waals surface area contributed by atoms with Gasteiger partial charge in [0.05, 0.1) is 6.42 Å². The fourth-order valence-electron chi connectivity index (χ4n) is 1.53. The number of halogens is 3. The topological polar surface area (TPSA) is 91.0 Å². The summed E-state index contributed by atoms with van der Waals surface area (Å²) in [7, 11) is 0. The highest BCUT2D eigenvalue weighted by molar-refractivity contribution is 5.66. The monoisotopic (exact) mass is 272 g/mol. The molecule has 1 aromatic carbocycles. The molecule has 8 heteroatoms. The van der Waals surface area contributed by atoms with E-state index >= 15 is 0 Å². The first kappa shape index (κ1) is 13.2. The van der Waals surface area contributed by atoms with E-state index in [9.17, 15) is 13.2 Å². The molecule has 0 aliphatic rings. The maximum atomic E-state index is 12.1. The Balaban J connectivity index is 2.16. The predicted octanol–water partition coefficient (Wildman–Crippen LogP) is 2.40. The van der Waals surface area contributed by atoms with Gasteiger partial charge in [-0.3, -0.25) is 0 Å². The highest BCUT2D eigenvalue weighted by atomic mass is 19.4. The smallest absolute Gasteiger partial charge is 0.389 e. The van der Waals surface area contributed by atoms with Crippen LogP contribution in [0.1, 0.15) is 12.2 Å². The third-order valence-corrected chi connectivity index (χ3v) is 2.32. The largest absolute Gasteiger partial charge is 0.399 e. The number of anilines is 2. The minimum Gasteiger partial charge on any atom is -0.399 e. The SMILES string of the molecule is Nc1cc(N)cc(-c2nc(CCC(F)(F)F)no2)c1. The summed E-state index contributed by atoms with van der Waals surface area (Å²) in [5, 5.41) is 3.49. The van der Waals surface area contributed by atoms with Crippen molar-refractivity contribution in [2.24, 2.45) is 0 Å². The molecular weight excluding hydrogens is 261 g/mol. The standard InChI is InChI=1S/C11H11F3N4O/c12-11(13,14)2-1-9-17-10(19-18-9)6-3-7(15)5-8(16)4-6/h3-5H,1-2,15-16H2. The van der Waals surface area contributed by atoms with Crippen molar-refractivity contribution in [1.82, 2.24) is 10.1 Å². The van der Waals surface area contributed by atoms with Gasteiger partial charge in [-0.25, -0.2) is 0 Å². The van der Waals surface area contributed by atoms with Gasteiger partial charge in [-0.1, -0.05) is 5.16 Å². The van der Waals surface area contributed by atoms with Crippen molar-refractivity contribution in [1.29, 1.82) is 0 Å². The number of hydrogen-bond acceptors (Lipinski definition) is 5. The van der Waals surface area contributed by atoms with Gasteiger partial charge < -0.3 is 16.0 Å². The fraction of sp³-hybridized carbons (Fsp3) is 0.273. The molecule has 4 N–H and O–H groups in total. The number of nitrogens with two attached hydrogens (primary N) is 2. The molecule has 2 aromatic rings. The van der Waals surface area contributed by atoms with E-state index in [0.29, 0.717) is 16.9 Å². The Morgan fingerprint density at radius 3 is 2.32 bits per heavy atom. The van der Waals surface area contributed by atoms with Crippen molar-refractivity contribution >= 4 is 11.4 Å². The number of hydrogen-bond donors (Lipinski definition) is 2. The van der Waals surface area contributed by atoms with Gasteiger partial charge in [-0.15, -0.1) is 0 Å². The van der Waals surface area contributed by atoms with Crippen molar-refractivity contribution in [3.8, 4) is 11.5 Å². The van der Waals surface area contributed by atoms with Crippen molar-refractivity contribution in [3.05, 3.63) is 24.0 Å². The Kier molecular flexibility index (Phi) is 3.32. The first-order valence-electron chi connectivity index (χ1n) is 5.39. The first-order chi connectivity index (χ1) is 8.83. The number of aryl methyl sites for hydroxylation is 1. The zero-order chi connectivity index (χ0) is 14.0. The fourth-order valence-corrected chi connectivity index (χ4v) is 1.53. The molecule has 0 fully saturated rings. The average Bonchev–Trinajstić information content (AvgIpc) is 2.72. The Bertz CT molecular complexity index is 559. The number of nitrogen functional groups attached to an aromatic ring is 2. The lowest BCUT2D eigenvalue weighted by atomic mass is 10.2. The molecule has 0 saturated carbocycles. The van der Waals surface area contributed by atoms with Crippen LogP contribution in [-0.4, -0.2) is 16.3 Å². The van der Waals surface area contributed by atoms with Crippen molar-refractivity contribution < 1.29 is 17.7 Å². The Morgan fingerprint density at radius 1 is 1.11 bits per heavy atom. The summed E-state index contributed by atoms with van der Waals surface area (Å²) in [5.41, 5.74) is 12.5. The number of nitrogens with zero attached hydrogens (tertiary/aromatic N) is 2. The van der Waals surface area contributed by atoms with Crippen molar-refractivity contribution in [3.63, 3.8) is 0 Å². The zero-order valence-corrected chi connectivity index (χ0v) is 9.74. The molecule has 19 heavy (non-hydrogen) atoms. The van der Waals surface area contributed by atoms with Crippen molar-refractivity contribution in [2.75, 3.05) is 11.5 Å². The summed E-state index contributed by atoms with van der Waals surface area (Å²) in [4.78, 5) is 3.88. The number of alkyl halides is 3. The molecule has 0 radical (unpaired) electrons. The molecule has 1 heterocycles. The van der Waals surface area contributed by atoms with E-state index in [-0.39, 0.29) is 18.1 Å². The van der Waals surface area contributed by atoms with E-state index in [1.165, 1.54) is 0 Å². The van der Waals surface area contributed by atoms with Gasteiger partial charge in [0.2, 0.25) is 0 Å². The molecule has 5 nitrogen and oxygen atoms in total. The van der Waals surface area contributed by atoms with Gasteiger partial charge in [0.25, 0.3) is 5.89 Å². The first-order valence-corrected chi connectivity index (χ1v) is 5.39. The van der Waals surface area contributed by atoms with Gasteiger partial charge >= 0.3 is 6.18 Å². The molecule has 0 amide bonds. The van der Waals surface area contributed by atoms with Crippen LogP contribution in [0.15, 0.2) is 22.7 Å². The van der Waals surface area contributed by atoms with E-state index in [1.807, 2.05) is 0 Å². The van der Waals surface area contributed by atoms with Gasteiger partial charge in [0.15, 0.2) is 5.82 Å². The summed E-state index contributed by atoms with van der Waals surface area (Å²) in [6.45, 7) is 0. The molecule has 1 aromatic heterocycles. The molecule has 0 bridgehead atoms. The molecule has 0 spiro atoms. The maximum absolute atomic E-state index is 12.1. The maximum Gasteiger partial charge on any atom is 0.389 e. The summed E-state index contributed by atoms with van der Waals surface area (Å²) in [6, 6.07) is 4.65.